The van der Waals surface area contributed by atoms with Gasteiger partial charge in [0.15, 0.2) is 0 Å². The molecule has 1 amide bonds. The summed E-state index contributed by atoms with van der Waals surface area (Å²) in [7, 11) is 0. The van der Waals surface area contributed by atoms with Crippen molar-refractivity contribution in [3.63, 3.8) is 0 Å². The van der Waals surface area contributed by atoms with Crippen molar-refractivity contribution in [2.75, 3.05) is 19.7 Å². The molecule has 2 N–H and O–H groups in total. The Morgan fingerprint density at radius 3 is 2.52 bits per heavy atom. The van der Waals surface area contributed by atoms with E-state index in [1.165, 1.54) is 12.8 Å². The topological polar surface area (TPSA) is 50.4 Å². The van der Waals surface area contributed by atoms with Gasteiger partial charge in [0, 0.05) is 6.42 Å². The molecule has 0 saturated carbocycles. The molecule has 0 aliphatic carbocycles. The molecular formula is C21H34N2O2. The van der Waals surface area contributed by atoms with Gasteiger partial charge in [-0.1, -0.05) is 26.0 Å². The first kappa shape index (κ1) is 19.8. The van der Waals surface area contributed by atoms with Gasteiger partial charge in [-0.05, 0) is 75.2 Å². The SMILES string of the molecule is CC(C)CCOc1ccc(C(C)NC(=O)CCC2CCNCC2)cc1. The monoisotopic (exact) mass is 346 g/mol. The van der Waals surface area contributed by atoms with E-state index < -0.39 is 0 Å². The molecule has 25 heavy (non-hydrogen) atoms. The van der Waals surface area contributed by atoms with E-state index in [0.29, 0.717) is 18.3 Å². The van der Waals surface area contributed by atoms with Gasteiger partial charge in [0.1, 0.15) is 5.75 Å². The zero-order valence-electron chi connectivity index (χ0n) is 16.0. The molecule has 4 heteroatoms. The number of amides is 1. The maximum absolute atomic E-state index is 12.2. The van der Waals surface area contributed by atoms with E-state index in [1.807, 2.05) is 31.2 Å². The third-order valence-corrected chi connectivity index (χ3v) is 4.96. The van der Waals surface area contributed by atoms with Gasteiger partial charge < -0.3 is 15.4 Å². The van der Waals surface area contributed by atoms with E-state index in [1.54, 1.807) is 0 Å². The highest BCUT2D eigenvalue weighted by molar-refractivity contribution is 5.76. The number of hydrogen-bond donors (Lipinski definition) is 2. The zero-order valence-corrected chi connectivity index (χ0v) is 16.0. The lowest BCUT2D eigenvalue weighted by atomic mass is 9.93. The number of hydrogen-bond acceptors (Lipinski definition) is 3. The van der Waals surface area contributed by atoms with E-state index in [9.17, 15) is 4.79 Å². The lowest BCUT2D eigenvalue weighted by molar-refractivity contribution is -0.122. The molecule has 0 aromatic heterocycles. The Morgan fingerprint density at radius 2 is 1.88 bits per heavy atom. The Hall–Kier alpha value is -1.55. The van der Waals surface area contributed by atoms with Crippen LogP contribution in [0.1, 0.15) is 64.5 Å². The fourth-order valence-electron chi connectivity index (χ4n) is 3.17. The molecule has 1 aromatic carbocycles. The van der Waals surface area contributed by atoms with Crippen LogP contribution in [0.5, 0.6) is 5.75 Å². The van der Waals surface area contributed by atoms with Crippen LogP contribution in [0, 0.1) is 11.8 Å². The van der Waals surface area contributed by atoms with Crippen molar-refractivity contribution < 1.29 is 9.53 Å². The summed E-state index contributed by atoms with van der Waals surface area (Å²) in [5.74, 6) is 2.40. The Balaban J connectivity index is 1.71. The van der Waals surface area contributed by atoms with E-state index in [2.05, 4.69) is 24.5 Å². The van der Waals surface area contributed by atoms with Crippen LogP contribution in [0.3, 0.4) is 0 Å². The highest BCUT2D eigenvalue weighted by atomic mass is 16.5. The van der Waals surface area contributed by atoms with Crippen LogP contribution in [0.4, 0.5) is 0 Å². The molecule has 1 aliphatic heterocycles. The lowest BCUT2D eigenvalue weighted by Crippen LogP contribution is -2.30. The standard InChI is InChI=1S/C21H34N2O2/c1-16(2)12-15-25-20-7-5-19(6-8-20)17(3)23-21(24)9-4-18-10-13-22-14-11-18/h5-8,16-18,22H,4,9-15H2,1-3H3,(H,23,24). The lowest BCUT2D eigenvalue weighted by Gasteiger charge is -2.22. The highest BCUT2D eigenvalue weighted by Crippen LogP contribution is 2.20. The van der Waals surface area contributed by atoms with Gasteiger partial charge in [-0.25, -0.2) is 0 Å². The third kappa shape index (κ3) is 7.47. The number of nitrogens with one attached hydrogen (secondary N) is 2. The number of carbonyl (C=O) groups is 1. The van der Waals surface area contributed by atoms with Crippen LogP contribution in [0.2, 0.25) is 0 Å². The first-order chi connectivity index (χ1) is 12.0. The van der Waals surface area contributed by atoms with Crippen molar-refractivity contribution in [2.24, 2.45) is 11.8 Å². The minimum Gasteiger partial charge on any atom is -0.494 e. The Bertz CT molecular complexity index is 507. The van der Waals surface area contributed by atoms with Gasteiger partial charge in [0.05, 0.1) is 12.6 Å². The number of carbonyl (C=O) groups excluding carboxylic acids is 1. The van der Waals surface area contributed by atoms with Crippen molar-refractivity contribution in [2.45, 2.75) is 58.9 Å². The van der Waals surface area contributed by atoms with Gasteiger partial charge in [-0.2, -0.15) is 0 Å². The molecule has 1 atom stereocenters. The van der Waals surface area contributed by atoms with Gasteiger partial charge in [0.25, 0.3) is 0 Å². The highest BCUT2D eigenvalue weighted by Gasteiger charge is 2.15. The van der Waals surface area contributed by atoms with Gasteiger partial charge in [-0.3, -0.25) is 4.79 Å². The molecule has 1 fully saturated rings. The van der Waals surface area contributed by atoms with E-state index >= 15 is 0 Å². The van der Waals surface area contributed by atoms with Gasteiger partial charge >= 0.3 is 0 Å². The molecule has 0 spiro atoms. The van der Waals surface area contributed by atoms with Crippen LogP contribution in [-0.4, -0.2) is 25.6 Å². The summed E-state index contributed by atoms with van der Waals surface area (Å²) in [5, 5.41) is 6.49. The molecule has 1 heterocycles. The maximum Gasteiger partial charge on any atom is 0.220 e. The van der Waals surface area contributed by atoms with E-state index in [-0.39, 0.29) is 11.9 Å². The predicted molar refractivity (Wildman–Crippen MR) is 103 cm³/mol. The second-order valence-electron chi connectivity index (χ2n) is 7.62. The van der Waals surface area contributed by atoms with Crippen molar-refractivity contribution in [3.8, 4) is 5.75 Å². The summed E-state index contributed by atoms with van der Waals surface area (Å²) < 4.78 is 5.75. The summed E-state index contributed by atoms with van der Waals surface area (Å²) in [4.78, 5) is 12.2. The van der Waals surface area contributed by atoms with Crippen LogP contribution >= 0.6 is 0 Å². The molecule has 1 unspecified atom stereocenters. The Morgan fingerprint density at radius 1 is 1.20 bits per heavy atom. The minimum absolute atomic E-state index is 0.0326. The second-order valence-corrected chi connectivity index (χ2v) is 7.62. The number of rotatable bonds is 9. The summed E-state index contributed by atoms with van der Waals surface area (Å²) in [5.41, 5.74) is 1.12. The maximum atomic E-state index is 12.2. The summed E-state index contributed by atoms with van der Waals surface area (Å²) in [6.45, 7) is 9.36. The molecule has 1 aliphatic rings. The minimum atomic E-state index is 0.0326. The first-order valence-electron chi connectivity index (χ1n) is 9.77. The molecule has 2 rings (SSSR count). The van der Waals surface area contributed by atoms with E-state index in [4.69, 9.17) is 4.74 Å². The normalized spacial score (nSPS) is 16.6. The number of ether oxygens (including phenoxy) is 1. The predicted octanol–water partition coefficient (Wildman–Crippen LogP) is 4.07. The smallest absolute Gasteiger partial charge is 0.220 e. The van der Waals surface area contributed by atoms with Crippen LogP contribution in [-0.2, 0) is 4.79 Å². The summed E-state index contributed by atoms with van der Waals surface area (Å²) >= 11 is 0. The quantitative estimate of drug-likeness (QED) is 0.709. The average Bonchev–Trinajstić information content (AvgIpc) is 2.61. The van der Waals surface area contributed by atoms with Crippen molar-refractivity contribution in [1.29, 1.82) is 0 Å². The Kier molecular flexibility index (Phi) is 8.26. The summed E-state index contributed by atoms with van der Waals surface area (Å²) in [6.07, 6.45) is 5.09. The van der Waals surface area contributed by atoms with Gasteiger partial charge in [-0.15, -0.1) is 0 Å². The fourth-order valence-corrected chi connectivity index (χ4v) is 3.17. The molecule has 1 aromatic rings. The zero-order chi connectivity index (χ0) is 18.1. The third-order valence-electron chi connectivity index (χ3n) is 4.96. The van der Waals surface area contributed by atoms with E-state index in [0.717, 1.165) is 43.9 Å². The molecule has 0 bridgehead atoms. The van der Waals surface area contributed by atoms with Crippen molar-refractivity contribution in [1.82, 2.24) is 10.6 Å². The van der Waals surface area contributed by atoms with Crippen LogP contribution in [0.15, 0.2) is 24.3 Å². The van der Waals surface area contributed by atoms with Crippen molar-refractivity contribution >= 4 is 5.91 Å². The van der Waals surface area contributed by atoms with Crippen molar-refractivity contribution in [3.05, 3.63) is 29.8 Å². The average molecular weight is 347 g/mol. The molecule has 0 radical (unpaired) electrons. The molecule has 140 valence electrons. The molecule has 1 saturated heterocycles. The van der Waals surface area contributed by atoms with Gasteiger partial charge in [0.2, 0.25) is 5.91 Å². The molecular weight excluding hydrogens is 312 g/mol. The summed E-state index contributed by atoms with van der Waals surface area (Å²) in [6, 6.07) is 8.11. The number of piperidine rings is 1. The number of benzene rings is 1. The second kappa shape index (κ2) is 10.4. The Labute approximate surface area is 152 Å². The van der Waals surface area contributed by atoms with Crippen LogP contribution < -0.4 is 15.4 Å². The first-order valence-corrected chi connectivity index (χ1v) is 9.77. The van der Waals surface area contributed by atoms with Crippen LogP contribution in [0.25, 0.3) is 0 Å². The largest absolute Gasteiger partial charge is 0.494 e. The molecule has 4 nitrogen and oxygen atoms in total. The fraction of sp³-hybridized carbons (Fsp3) is 0.667.